The fraction of sp³-hybridized carbons (Fsp3) is 0.400. The quantitative estimate of drug-likeness (QED) is 0.170. The highest BCUT2D eigenvalue weighted by Crippen LogP contribution is 2.62. The van der Waals surface area contributed by atoms with Crippen molar-refractivity contribution in [1.29, 1.82) is 0 Å². The Morgan fingerprint density at radius 2 is 1.21 bits per heavy atom. The number of rotatable bonds is 2. The Morgan fingerprint density at radius 1 is 0.566 bits per heavy atom. The van der Waals surface area contributed by atoms with Gasteiger partial charge >= 0.3 is 6.85 Å². The topological polar surface area (TPSA) is 6.48 Å². The zero-order valence-electron chi connectivity index (χ0n) is 34.0. The molecule has 9 rings (SSSR count). The van der Waals surface area contributed by atoms with Gasteiger partial charge in [0.25, 0.3) is 0 Å². The predicted octanol–water partition coefficient (Wildman–Crippen LogP) is 12.2. The predicted molar refractivity (Wildman–Crippen MR) is 230 cm³/mol. The summed E-state index contributed by atoms with van der Waals surface area (Å²) in [5.74, 6) is 0. The molecule has 0 bridgehead atoms. The molecule has 1 saturated carbocycles. The average molecular weight is 697 g/mol. The van der Waals surface area contributed by atoms with Crippen LogP contribution >= 0.6 is 0 Å². The zero-order chi connectivity index (χ0) is 37.5. The van der Waals surface area contributed by atoms with E-state index in [0.717, 1.165) is 0 Å². The van der Waals surface area contributed by atoms with Crippen LogP contribution in [0, 0.1) is 0 Å². The number of benzene rings is 5. The van der Waals surface area contributed by atoms with Crippen LogP contribution < -0.4 is 20.6 Å². The van der Waals surface area contributed by atoms with Crippen LogP contribution in [0.25, 0.3) is 22.3 Å². The molecule has 53 heavy (non-hydrogen) atoms. The number of hydrogen-bond donors (Lipinski definition) is 0. The minimum atomic E-state index is -0.0253. The lowest BCUT2D eigenvalue weighted by Crippen LogP contribution is -2.64. The molecular formula is C50H57BN2. The average Bonchev–Trinajstić information content (AvgIpc) is 3.32. The molecule has 2 unspecified atom stereocenters. The van der Waals surface area contributed by atoms with E-state index >= 15 is 0 Å². The summed E-state index contributed by atoms with van der Waals surface area (Å²) >= 11 is 0. The summed E-state index contributed by atoms with van der Waals surface area (Å²) in [5.41, 5.74) is 19.6. The molecule has 0 N–H and O–H groups in total. The summed E-state index contributed by atoms with van der Waals surface area (Å²) in [6.07, 6.45) is 4.97. The molecule has 3 heterocycles. The van der Waals surface area contributed by atoms with Crippen LogP contribution in [0.4, 0.5) is 22.7 Å². The van der Waals surface area contributed by atoms with Crippen molar-refractivity contribution >= 4 is 40.5 Å². The monoisotopic (exact) mass is 696 g/mol. The van der Waals surface area contributed by atoms with E-state index in [4.69, 9.17) is 0 Å². The van der Waals surface area contributed by atoms with Crippen LogP contribution in [0.3, 0.4) is 0 Å². The molecule has 0 radical (unpaired) electrons. The third-order valence-corrected chi connectivity index (χ3v) is 13.9. The van der Waals surface area contributed by atoms with Gasteiger partial charge in [-0.3, -0.25) is 0 Å². The lowest BCUT2D eigenvalue weighted by molar-refractivity contribution is 0.195. The molecule has 0 saturated heterocycles. The molecule has 1 fully saturated rings. The van der Waals surface area contributed by atoms with Crippen molar-refractivity contribution in [3.63, 3.8) is 0 Å². The highest BCUT2D eigenvalue weighted by molar-refractivity contribution is 6.93. The molecule has 270 valence electrons. The zero-order valence-corrected chi connectivity index (χ0v) is 34.0. The smallest absolute Gasteiger partial charge is 0.333 e. The first-order valence-corrected chi connectivity index (χ1v) is 20.2. The van der Waals surface area contributed by atoms with E-state index in [9.17, 15) is 0 Å². The number of hydrogen-bond acceptors (Lipinski definition) is 2. The van der Waals surface area contributed by atoms with Crippen molar-refractivity contribution in [2.45, 2.75) is 129 Å². The van der Waals surface area contributed by atoms with Crippen molar-refractivity contribution < 1.29 is 0 Å². The molecule has 0 spiro atoms. The molecule has 0 amide bonds. The summed E-state index contributed by atoms with van der Waals surface area (Å²) < 4.78 is 0. The highest BCUT2D eigenvalue weighted by Gasteiger charge is 2.62. The maximum atomic E-state index is 2.88. The van der Waals surface area contributed by atoms with E-state index in [1.165, 1.54) is 98.3 Å². The molecule has 1 aliphatic carbocycles. The van der Waals surface area contributed by atoms with Gasteiger partial charge < -0.3 is 9.71 Å². The largest absolute Gasteiger partial charge is 0.376 e. The Labute approximate surface area is 319 Å². The number of nitrogens with zero attached hydrogens (tertiary/aromatic N) is 2. The van der Waals surface area contributed by atoms with Crippen LogP contribution in [0.1, 0.15) is 124 Å². The first-order valence-electron chi connectivity index (χ1n) is 20.2. The molecular weight excluding hydrogens is 639 g/mol. The van der Waals surface area contributed by atoms with Gasteiger partial charge in [-0.15, -0.1) is 0 Å². The van der Waals surface area contributed by atoms with Gasteiger partial charge in [0.05, 0.1) is 5.54 Å². The lowest BCUT2D eigenvalue weighted by Gasteiger charge is -2.53. The second-order valence-electron chi connectivity index (χ2n) is 20.2. The van der Waals surface area contributed by atoms with E-state index in [-0.39, 0.29) is 34.0 Å². The summed E-state index contributed by atoms with van der Waals surface area (Å²) in [6.45, 7) is 26.4. The van der Waals surface area contributed by atoms with Gasteiger partial charge in [-0.05, 0) is 116 Å². The highest BCUT2D eigenvalue weighted by atomic mass is 15.3. The van der Waals surface area contributed by atoms with Gasteiger partial charge in [0, 0.05) is 33.7 Å². The van der Waals surface area contributed by atoms with Crippen molar-refractivity contribution in [2.75, 3.05) is 9.71 Å². The van der Waals surface area contributed by atoms with Crippen molar-refractivity contribution in [3.8, 4) is 22.3 Å². The normalized spacial score (nSPS) is 21.6. The van der Waals surface area contributed by atoms with Crippen molar-refractivity contribution in [3.05, 3.63) is 119 Å². The van der Waals surface area contributed by atoms with Gasteiger partial charge in [0.2, 0.25) is 0 Å². The van der Waals surface area contributed by atoms with Gasteiger partial charge in [-0.2, -0.15) is 0 Å². The van der Waals surface area contributed by atoms with Crippen LogP contribution in [0.2, 0.25) is 0 Å². The molecule has 3 aliphatic heterocycles. The first-order chi connectivity index (χ1) is 24.9. The molecule has 2 atom stereocenters. The Kier molecular flexibility index (Phi) is 7.27. The summed E-state index contributed by atoms with van der Waals surface area (Å²) in [4.78, 5) is 5.61. The van der Waals surface area contributed by atoms with E-state index in [0.29, 0.717) is 0 Å². The lowest BCUT2D eigenvalue weighted by atomic mass is 9.43. The summed E-state index contributed by atoms with van der Waals surface area (Å²) in [6, 6.07) is 38.3. The van der Waals surface area contributed by atoms with Crippen LogP contribution in [-0.4, -0.2) is 12.4 Å². The van der Waals surface area contributed by atoms with Crippen molar-refractivity contribution in [1.82, 2.24) is 0 Å². The Balaban J connectivity index is 1.44. The number of fused-ring (bicyclic) bond motifs is 7. The summed E-state index contributed by atoms with van der Waals surface area (Å²) in [5, 5.41) is 0. The first kappa shape index (κ1) is 34.5. The maximum Gasteiger partial charge on any atom is 0.333 e. The fourth-order valence-corrected chi connectivity index (χ4v) is 10.4. The van der Waals surface area contributed by atoms with Crippen LogP contribution in [-0.2, 0) is 21.7 Å². The molecule has 5 aromatic rings. The SMILES string of the molecule is CC(C)(C)c1ccc(N2B3c4cc(C(C)(C)C)cc5c4N(c4cc(-c6ccccc6)cc(c43)-c3ccc(C(C)(C)C)cc32)C2(C)CCCCC52C)cc1. The van der Waals surface area contributed by atoms with Crippen LogP contribution in [0.5, 0.6) is 0 Å². The molecule has 4 aliphatic rings. The Bertz CT molecular complexity index is 2280. The van der Waals surface area contributed by atoms with E-state index in [1.807, 2.05) is 0 Å². The van der Waals surface area contributed by atoms with E-state index < -0.39 is 0 Å². The molecule has 5 aromatic carbocycles. The Hall–Kier alpha value is -4.24. The fourth-order valence-electron chi connectivity index (χ4n) is 10.4. The molecule has 3 heteroatoms. The third-order valence-electron chi connectivity index (χ3n) is 13.9. The van der Waals surface area contributed by atoms with Gasteiger partial charge in [-0.1, -0.05) is 149 Å². The minimum absolute atomic E-state index is 0.0176. The standard InChI is InChI=1S/C50H57BN2/c1-46(2,3)34-19-22-37(23-20-34)53-42-31-35(47(4,5)6)21-24-38(42)39-27-33(32-17-13-12-14-18-32)28-43-44(39)51(53)41-30-36(48(7,8)9)29-40-45(41)52(43)50(11)26-16-15-25-49(40,50)10/h12-14,17-24,27-31H,15-16,25-26H2,1-11H3. The van der Waals surface area contributed by atoms with Gasteiger partial charge in [0.1, 0.15) is 0 Å². The van der Waals surface area contributed by atoms with Gasteiger partial charge in [-0.25, -0.2) is 0 Å². The van der Waals surface area contributed by atoms with Gasteiger partial charge in [0.15, 0.2) is 0 Å². The summed E-state index contributed by atoms with van der Waals surface area (Å²) in [7, 11) is 0. The molecule has 2 nitrogen and oxygen atoms in total. The Morgan fingerprint density at radius 3 is 1.87 bits per heavy atom. The maximum absolute atomic E-state index is 2.88. The van der Waals surface area contributed by atoms with Crippen molar-refractivity contribution in [2.24, 2.45) is 0 Å². The minimum Gasteiger partial charge on any atom is -0.376 e. The third kappa shape index (κ3) is 4.91. The number of anilines is 4. The molecule has 0 aromatic heterocycles. The van der Waals surface area contributed by atoms with E-state index in [1.54, 1.807) is 5.56 Å². The second kappa shape index (κ2) is 11.2. The second-order valence-corrected chi connectivity index (χ2v) is 20.2. The van der Waals surface area contributed by atoms with E-state index in [2.05, 4.69) is 183 Å². The van der Waals surface area contributed by atoms with Crippen LogP contribution in [0.15, 0.2) is 97.1 Å².